The molecule has 4 aromatic carbocycles. The highest BCUT2D eigenvalue weighted by molar-refractivity contribution is 6.30. The number of imidazole rings is 1. The van der Waals surface area contributed by atoms with E-state index in [2.05, 4.69) is 4.57 Å². The summed E-state index contributed by atoms with van der Waals surface area (Å²) in [4.78, 5) is 32.1. The molecule has 8 nitrogen and oxygen atoms in total. The van der Waals surface area contributed by atoms with Crippen molar-refractivity contribution in [2.45, 2.75) is 70.2 Å². The highest BCUT2D eigenvalue weighted by Crippen LogP contribution is 2.38. The molecule has 50 heavy (non-hydrogen) atoms. The third kappa shape index (κ3) is 6.85. The summed E-state index contributed by atoms with van der Waals surface area (Å²) >= 11 is 6.16. The molecule has 5 aromatic rings. The average molecular weight is 696 g/mol. The molecule has 1 N–H and O–H groups in total. The maximum absolute atomic E-state index is 16.1. The number of fused-ring (bicyclic) bond motifs is 1. The quantitative estimate of drug-likeness (QED) is 0.163. The van der Waals surface area contributed by atoms with E-state index in [9.17, 15) is 14.7 Å². The molecule has 2 heterocycles. The first-order valence-corrected chi connectivity index (χ1v) is 17.6. The molecule has 2 fully saturated rings. The molecular weight excluding hydrogens is 657 g/mol. The minimum absolute atomic E-state index is 0.0668. The zero-order chi connectivity index (χ0) is 34.8. The number of aromatic nitrogens is 2. The maximum atomic E-state index is 16.1. The number of amides is 1. The van der Waals surface area contributed by atoms with Crippen molar-refractivity contribution < 1.29 is 28.6 Å². The Morgan fingerprint density at radius 3 is 2.36 bits per heavy atom. The monoisotopic (exact) mass is 695 g/mol. The Hall–Kier alpha value is -4.73. The van der Waals surface area contributed by atoms with E-state index in [-0.39, 0.29) is 18.6 Å². The summed E-state index contributed by atoms with van der Waals surface area (Å²) in [6.45, 7) is 0.564. The van der Waals surface area contributed by atoms with Gasteiger partial charge in [-0.15, -0.1) is 0 Å². The van der Waals surface area contributed by atoms with Gasteiger partial charge in [0.25, 0.3) is 5.91 Å². The van der Waals surface area contributed by atoms with Crippen molar-refractivity contribution in [1.82, 2.24) is 14.5 Å². The number of methoxy groups -OCH3 is 1. The average Bonchev–Trinajstić information content (AvgIpc) is 3.52. The second-order valence-electron chi connectivity index (χ2n) is 13.1. The van der Waals surface area contributed by atoms with Crippen molar-refractivity contribution in [3.63, 3.8) is 0 Å². The number of hydrogen-bond acceptors (Lipinski definition) is 6. The van der Waals surface area contributed by atoms with Gasteiger partial charge in [-0.1, -0.05) is 49.1 Å². The van der Waals surface area contributed by atoms with Gasteiger partial charge in [0.15, 0.2) is 0 Å². The van der Waals surface area contributed by atoms with Gasteiger partial charge in [0, 0.05) is 29.2 Å². The Balaban J connectivity index is 1.20. The lowest BCUT2D eigenvalue weighted by Crippen LogP contribution is -2.43. The molecule has 0 spiro atoms. The molecule has 0 radical (unpaired) electrons. The molecule has 1 aliphatic carbocycles. The lowest BCUT2D eigenvalue weighted by molar-refractivity contribution is -0.0120. The normalized spacial score (nSPS) is 16.8. The highest BCUT2D eigenvalue weighted by atomic mass is 35.5. The summed E-state index contributed by atoms with van der Waals surface area (Å²) in [7, 11) is 1.34. The van der Waals surface area contributed by atoms with Crippen LogP contribution in [0.3, 0.4) is 0 Å². The van der Waals surface area contributed by atoms with Crippen LogP contribution in [-0.2, 0) is 11.3 Å². The molecular formula is C40H39ClFN3O5. The van der Waals surface area contributed by atoms with Crippen LogP contribution >= 0.6 is 11.6 Å². The fourth-order valence-electron chi connectivity index (χ4n) is 7.24. The smallest absolute Gasteiger partial charge is 0.337 e. The van der Waals surface area contributed by atoms with Crippen LogP contribution in [0, 0.1) is 5.82 Å². The molecule has 1 unspecified atom stereocenters. The Morgan fingerprint density at radius 2 is 1.62 bits per heavy atom. The fraction of sp³-hybridized carbons (Fsp3) is 0.325. The van der Waals surface area contributed by atoms with Crippen LogP contribution in [0.25, 0.3) is 33.5 Å². The van der Waals surface area contributed by atoms with E-state index in [1.807, 2.05) is 24.3 Å². The Morgan fingerprint density at radius 1 is 0.880 bits per heavy atom. The molecule has 7 rings (SSSR count). The number of aliphatic hydroxyl groups excluding tert-OH is 1. The Labute approximate surface area is 295 Å². The van der Waals surface area contributed by atoms with E-state index in [1.165, 1.54) is 24.5 Å². The molecule has 1 aromatic heterocycles. The first-order valence-electron chi connectivity index (χ1n) is 17.2. The topological polar surface area (TPSA) is 93.9 Å². The molecule has 1 atom stereocenters. The van der Waals surface area contributed by atoms with Crippen molar-refractivity contribution >= 4 is 34.5 Å². The first-order chi connectivity index (χ1) is 24.3. The van der Waals surface area contributed by atoms with Crippen molar-refractivity contribution in [3.8, 4) is 28.3 Å². The van der Waals surface area contributed by atoms with Crippen LogP contribution in [-0.4, -0.2) is 51.3 Å². The summed E-state index contributed by atoms with van der Waals surface area (Å²) in [6, 6.07) is 23.0. The number of aliphatic hydroxyl groups is 1. The third-order valence-corrected chi connectivity index (χ3v) is 10.1. The van der Waals surface area contributed by atoms with E-state index in [4.69, 9.17) is 26.1 Å². The molecule has 1 aliphatic heterocycles. The number of benzene rings is 4. The highest BCUT2D eigenvalue weighted by Gasteiger charge is 2.27. The number of hydrogen-bond donors (Lipinski definition) is 1. The summed E-state index contributed by atoms with van der Waals surface area (Å²) in [6.07, 6.45) is 6.74. The van der Waals surface area contributed by atoms with Gasteiger partial charge in [-0.3, -0.25) is 4.79 Å². The summed E-state index contributed by atoms with van der Waals surface area (Å²) < 4.78 is 29.3. The summed E-state index contributed by atoms with van der Waals surface area (Å²) in [5, 5.41) is 11.1. The minimum Gasteiger partial charge on any atom is -0.489 e. The van der Waals surface area contributed by atoms with Crippen LogP contribution in [0.15, 0.2) is 78.9 Å². The zero-order valence-electron chi connectivity index (χ0n) is 27.9. The number of nitrogens with zero attached hydrogens (tertiary/aromatic N) is 3. The Bertz CT molecular complexity index is 2040. The lowest BCUT2D eigenvalue weighted by Gasteiger charge is -2.32. The first kappa shape index (κ1) is 33.8. The van der Waals surface area contributed by atoms with Crippen molar-refractivity contribution in [2.24, 2.45) is 0 Å². The van der Waals surface area contributed by atoms with E-state index in [0.717, 1.165) is 60.7 Å². The summed E-state index contributed by atoms with van der Waals surface area (Å²) in [5.41, 5.74) is 5.10. The van der Waals surface area contributed by atoms with Gasteiger partial charge in [0.05, 0.1) is 29.3 Å². The van der Waals surface area contributed by atoms with Gasteiger partial charge in [0.1, 0.15) is 30.2 Å². The standard InChI is InChI=1S/C40H39ClFN3O5/c1-49-40(48)27-13-19-36-35(22-27)43-38(45(36)30-7-3-2-4-8-30)33-18-16-31(23-34(33)42)50-24-28-21-26(39(47)44-20-6-5-9-37(44)46)12-17-32(28)25-10-14-29(41)15-11-25/h10-19,21-23,30,37,46H,2-9,20,24H2,1H3. The summed E-state index contributed by atoms with van der Waals surface area (Å²) in [5.74, 6) is -0.342. The number of carbonyl (C=O) groups excluding carboxylic acids is 2. The Kier molecular flexibility index (Phi) is 9.88. The van der Waals surface area contributed by atoms with Crippen molar-refractivity contribution in [3.05, 3.63) is 106 Å². The number of piperidine rings is 1. The molecule has 258 valence electrons. The van der Waals surface area contributed by atoms with Gasteiger partial charge >= 0.3 is 5.97 Å². The second kappa shape index (κ2) is 14.6. The fourth-order valence-corrected chi connectivity index (χ4v) is 7.37. The molecule has 2 aliphatic rings. The van der Waals surface area contributed by atoms with Crippen LogP contribution in [0.4, 0.5) is 4.39 Å². The van der Waals surface area contributed by atoms with Gasteiger partial charge in [-0.05, 0) is 103 Å². The predicted molar refractivity (Wildman–Crippen MR) is 191 cm³/mol. The van der Waals surface area contributed by atoms with Gasteiger partial charge < -0.3 is 24.0 Å². The number of esters is 1. The third-order valence-electron chi connectivity index (χ3n) is 9.87. The van der Waals surface area contributed by atoms with E-state index in [1.54, 1.807) is 48.5 Å². The van der Waals surface area contributed by atoms with Crippen molar-refractivity contribution in [2.75, 3.05) is 13.7 Å². The van der Waals surface area contributed by atoms with Crippen LogP contribution in [0.5, 0.6) is 5.75 Å². The zero-order valence-corrected chi connectivity index (χ0v) is 28.7. The van der Waals surface area contributed by atoms with E-state index >= 15 is 4.39 Å². The number of likely N-dealkylation sites (tertiary alicyclic amines) is 1. The van der Waals surface area contributed by atoms with E-state index in [0.29, 0.717) is 51.8 Å². The number of ether oxygens (including phenoxy) is 2. The number of carbonyl (C=O) groups is 2. The maximum Gasteiger partial charge on any atom is 0.337 e. The molecule has 1 saturated carbocycles. The number of rotatable bonds is 8. The number of halogens is 2. The van der Waals surface area contributed by atoms with Crippen molar-refractivity contribution in [1.29, 1.82) is 0 Å². The molecule has 10 heteroatoms. The largest absolute Gasteiger partial charge is 0.489 e. The van der Waals surface area contributed by atoms with E-state index < -0.39 is 18.0 Å². The molecule has 0 bridgehead atoms. The van der Waals surface area contributed by atoms with Crippen LogP contribution in [0.2, 0.25) is 5.02 Å². The molecule has 1 amide bonds. The second-order valence-corrected chi connectivity index (χ2v) is 13.5. The van der Waals surface area contributed by atoms with Crippen LogP contribution in [0.1, 0.15) is 83.7 Å². The lowest BCUT2D eigenvalue weighted by atomic mass is 9.94. The predicted octanol–water partition coefficient (Wildman–Crippen LogP) is 8.98. The van der Waals surface area contributed by atoms with Gasteiger partial charge in [0.2, 0.25) is 0 Å². The van der Waals surface area contributed by atoms with Crippen LogP contribution < -0.4 is 4.74 Å². The molecule has 1 saturated heterocycles. The SMILES string of the molecule is COC(=O)c1ccc2c(c1)nc(-c1ccc(OCc3cc(C(=O)N4CCCCC4O)ccc3-c3ccc(Cl)cc3)cc1F)n2C1CCCCC1. The van der Waals surface area contributed by atoms with Gasteiger partial charge in [-0.25, -0.2) is 14.2 Å². The minimum atomic E-state index is -0.811. The van der Waals surface area contributed by atoms with Gasteiger partial charge in [-0.2, -0.15) is 0 Å².